The van der Waals surface area contributed by atoms with Gasteiger partial charge in [-0.25, -0.2) is 8.78 Å². The summed E-state index contributed by atoms with van der Waals surface area (Å²) in [7, 11) is 0. The molecule has 2 aliphatic rings. The van der Waals surface area contributed by atoms with Gasteiger partial charge in [0, 0.05) is 19.0 Å². The molecule has 64 valence electrons. The first-order chi connectivity index (χ1) is 5.22. The zero-order chi connectivity index (χ0) is 7.90. The van der Waals surface area contributed by atoms with E-state index in [1.54, 1.807) is 0 Å². The van der Waals surface area contributed by atoms with Crippen molar-refractivity contribution in [2.75, 3.05) is 19.7 Å². The molecule has 0 saturated carbocycles. The van der Waals surface area contributed by atoms with Crippen molar-refractivity contribution in [2.45, 2.75) is 18.4 Å². The number of ether oxygens (including phenoxy) is 1. The molecule has 2 saturated heterocycles. The molecule has 2 aliphatic heterocycles. The molecule has 0 aromatic heterocycles. The van der Waals surface area contributed by atoms with Gasteiger partial charge in [0.25, 0.3) is 0 Å². The SMILES string of the molecule is FC(F)C1COC2(CNC2)C1. The molecule has 1 unspecified atom stereocenters. The van der Waals surface area contributed by atoms with E-state index in [1.165, 1.54) is 0 Å². The third-order valence-corrected chi connectivity index (χ3v) is 2.49. The molecule has 0 aromatic rings. The Labute approximate surface area is 63.9 Å². The first kappa shape index (κ1) is 7.43. The molecular formula is C7H11F2NO. The van der Waals surface area contributed by atoms with Crippen molar-refractivity contribution in [3.05, 3.63) is 0 Å². The van der Waals surface area contributed by atoms with Crippen molar-refractivity contribution in [3.8, 4) is 0 Å². The van der Waals surface area contributed by atoms with E-state index in [2.05, 4.69) is 5.32 Å². The van der Waals surface area contributed by atoms with Crippen LogP contribution in [0, 0.1) is 5.92 Å². The first-order valence-corrected chi connectivity index (χ1v) is 3.85. The van der Waals surface area contributed by atoms with Gasteiger partial charge in [0.1, 0.15) is 0 Å². The van der Waals surface area contributed by atoms with Gasteiger partial charge in [-0.1, -0.05) is 0 Å². The van der Waals surface area contributed by atoms with E-state index in [4.69, 9.17) is 4.74 Å². The van der Waals surface area contributed by atoms with Gasteiger partial charge >= 0.3 is 0 Å². The van der Waals surface area contributed by atoms with Gasteiger partial charge in [0.15, 0.2) is 0 Å². The normalized spacial score (nSPS) is 34.6. The highest BCUT2D eigenvalue weighted by molar-refractivity contribution is 5.00. The maximum absolute atomic E-state index is 12.1. The highest BCUT2D eigenvalue weighted by Crippen LogP contribution is 2.35. The lowest BCUT2D eigenvalue weighted by molar-refractivity contribution is -0.0373. The smallest absolute Gasteiger partial charge is 0.243 e. The Kier molecular flexibility index (Phi) is 1.61. The fourth-order valence-electron chi connectivity index (χ4n) is 1.69. The van der Waals surface area contributed by atoms with Crippen LogP contribution in [-0.4, -0.2) is 31.7 Å². The second-order valence-corrected chi connectivity index (χ2v) is 3.40. The van der Waals surface area contributed by atoms with Gasteiger partial charge in [-0.15, -0.1) is 0 Å². The lowest BCUT2D eigenvalue weighted by atomic mass is 9.89. The average Bonchev–Trinajstić information content (AvgIpc) is 2.28. The summed E-state index contributed by atoms with van der Waals surface area (Å²) in [4.78, 5) is 0. The largest absolute Gasteiger partial charge is 0.372 e. The molecule has 0 amide bonds. The second kappa shape index (κ2) is 2.38. The van der Waals surface area contributed by atoms with Gasteiger partial charge in [0.2, 0.25) is 6.43 Å². The molecule has 11 heavy (non-hydrogen) atoms. The predicted molar refractivity (Wildman–Crippen MR) is 35.7 cm³/mol. The fourth-order valence-corrected chi connectivity index (χ4v) is 1.69. The Bertz CT molecular complexity index is 159. The van der Waals surface area contributed by atoms with Crippen molar-refractivity contribution in [1.29, 1.82) is 0 Å². The van der Waals surface area contributed by atoms with Gasteiger partial charge in [-0.05, 0) is 6.42 Å². The minimum Gasteiger partial charge on any atom is -0.372 e. The van der Waals surface area contributed by atoms with Crippen molar-refractivity contribution in [3.63, 3.8) is 0 Å². The van der Waals surface area contributed by atoms with Crippen LogP contribution >= 0.6 is 0 Å². The molecule has 2 heterocycles. The topological polar surface area (TPSA) is 21.3 Å². The van der Waals surface area contributed by atoms with Crippen LogP contribution in [0.15, 0.2) is 0 Å². The van der Waals surface area contributed by atoms with E-state index in [0.717, 1.165) is 13.1 Å². The Balaban J connectivity index is 1.93. The minimum atomic E-state index is -2.21. The van der Waals surface area contributed by atoms with Gasteiger partial charge in [-0.2, -0.15) is 0 Å². The summed E-state index contributed by atoms with van der Waals surface area (Å²) in [5, 5.41) is 3.03. The van der Waals surface area contributed by atoms with Crippen LogP contribution in [0.25, 0.3) is 0 Å². The summed E-state index contributed by atoms with van der Waals surface area (Å²) in [6, 6.07) is 0. The zero-order valence-corrected chi connectivity index (χ0v) is 6.15. The van der Waals surface area contributed by atoms with Crippen molar-refractivity contribution < 1.29 is 13.5 Å². The summed E-state index contributed by atoms with van der Waals surface area (Å²) < 4.78 is 29.6. The molecule has 2 fully saturated rings. The number of rotatable bonds is 1. The standard InChI is InChI=1S/C7H11F2NO/c8-6(9)5-1-7(11-2-5)3-10-4-7/h5-6,10H,1-4H2. The van der Waals surface area contributed by atoms with Crippen LogP contribution < -0.4 is 5.32 Å². The average molecular weight is 163 g/mol. The lowest BCUT2D eigenvalue weighted by Crippen LogP contribution is -2.59. The van der Waals surface area contributed by atoms with E-state index in [-0.39, 0.29) is 12.2 Å². The van der Waals surface area contributed by atoms with Crippen LogP contribution in [0.5, 0.6) is 0 Å². The van der Waals surface area contributed by atoms with E-state index in [9.17, 15) is 8.78 Å². The maximum atomic E-state index is 12.1. The highest BCUT2D eigenvalue weighted by Gasteiger charge is 2.47. The summed E-state index contributed by atoms with van der Waals surface area (Å²) in [5.41, 5.74) is -0.221. The number of hydrogen-bond acceptors (Lipinski definition) is 2. The number of nitrogens with one attached hydrogen (secondary N) is 1. The van der Waals surface area contributed by atoms with Crippen LogP contribution in [0.1, 0.15) is 6.42 Å². The second-order valence-electron chi connectivity index (χ2n) is 3.40. The summed E-state index contributed by atoms with van der Waals surface area (Å²) in [6.07, 6.45) is -1.69. The molecule has 1 spiro atoms. The molecule has 2 nitrogen and oxygen atoms in total. The third-order valence-electron chi connectivity index (χ3n) is 2.49. The molecule has 2 rings (SSSR count). The Morgan fingerprint density at radius 1 is 1.45 bits per heavy atom. The zero-order valence-electron chi connectivity index (χ0n) is 6.15. The van der Waals surface area contributed by atoms with Gasteiger partial charge in [0.05, 0.1) is 12.2 Å². The molecular weight excluding hydrogens is 152 g/mol. The highest BCUT2D eigenvalue weighted by atomic mass is 19.3. The monoisotopic (exact) mass is 163 g/mol. The van der Waals surface area contributed by atoms with E-state index < -0.39 is 12.3 Å². The predicted octanol–water partition coefficient (Wildman–Crippen LogP) is 0.630. The van der Waals surface area contributed by atoms with E-state index in [1.807, 2.05) is 0 Å². The van der Waals surface area contributed by atoms with Crippen LogP contribution in [0.3, 0.4) is 0 Å². The van der Waals surface area contributed by atoms with E-state index >= 15 is 0 Å². The quantitative estimate of drug-likeness (QED) is 0.612. The minimum absolute atomic E-state index is 0.221. The molecule has 4 heteroatoms. The molecule has 0 bridgehead atoms. The van der Waals surface area contributed by atoms with Gasteiger partial charge < -0.3 is 10.1 Å². The van der Waals surface area contributed by atoms with Crippen LogP contribution in [0.4, 0.5) is 8.78 Å². The molecule has 1 atom stereocenters. The molecule has 0 aliphatic carbocycles. The van der Waals surface area contributed by atoms with Gasteiger partial charge in [-0.3, -0.25) is 0 Å². The third kappa shape index (κ3) is 1.14. The van der Waals surface area contributed by atoms with Crippen LogP contribution in [0.2, 0.25) is 0 Å². The number of halogens is 2. The van der Waals surface area contributed by atoms with E-state index in [0.29, 0.717) is 6.42 Å². The Morgan fingerprint density at radius 2 is 2.18 bits per heavy atom. The Hall–Kier alpha value is -0.220. The van der Waals surface area contributed by atoms with Crippen LogP contribution in [-0.2, 0) is 4.74 Å². The van der Waals surface area contributed by atoms with Crippen molar-refractivity contribution in [2.24, 2.45) is 5.92 Å². The summed E-state index contributed by atoms with van der Waals surface area (Å²) >= 11 is 0. The van der Waals surface area contributed by atoms with Crippen molar-refractivity contribution >= 4 is 0 Å². The number of hydrogen-bond donors (Lipinski definition) is 1. The summed E-state index contributed by atoms with van der Waals surface area (Å²) in [5.74, 6) is -0.530. The fraction of sp³-hybridized carbons (Fsp3) is 1.00. The number of alkyl halides is 2. The first-order valence-electron chi connectivity index (χ1n) is 3.85. The lowest BCUT2D eigenvalue weighted by Gasteiger charge is -2.38. The Morgan fingerprint density at radius 3 is 2.45 bits per heavy atom. The van der Waals surface area contributed by atoms with Crippen molar-refractivity contribution in [1.82, 2.24) is 5.32 Å². The molecule has 0 radical (unpaired) electrons. The molecule has 1 N–H and O–H groups in total. The summed E-state index contributed by atoms with van der Waals surface area (Å²) in [6.45, 7) is 1.73. The maximum Gasteiger partial charge on any atom is 0.243 e. The molecule has 0 aromatic carbocycles.